The van der Waals surface area contributed by atoms with Gasteiger partial charge in [0.25, 0.3) is 0 Å². The molecule has 1 fully saturated rings. The van der Waals surface area contributed by atoms with E-state index in [0.717, 1.165) is 47.8 Å². The van der Waals surface area contributed by atoms with E-state index in [4.69, 9.17) is 4.74 Å². The second kappa shape index (κ2) is 7.23. The maximum absolute atomic E-state index is 10.4. The number of hydrogen-bond donors (Lipinski definition) is 1. The monoisotopic (exact) mass is 328 g/mol. The second-order valence-corrected chi connectivity index (χ2v) is 6.47. The third-order valence-electron chi connectivity index (χ3n) is 4.69. The van der Waals surface area contributed by atoms with Gasteiger partial charge in [0.15, 0.2) is 0 Å². The Morgan fingerprint density at radius 1 is 1.21 bits per heavy atom. The number of β-amino-alcohol motifs (C(OH)–C–C–N with tert-alkyl or cyclic N) is 1. The van der Waals surface area contributed by atoms with Crippen LogP contribution in [0.25, 0.3) is 0 Å². The Kier molecular flexibility index (Phi) is 5.06. The topological polar surface area (TPSA) is 71.4 Å². The predicted molar refractivity (Wildman–Crippen MR) is 90.8 cm³/mol. The van der Waals surface area contributed by atoms with Gasteiger partial charge in [-0.05, 0) is 20.3 Å². The molecule has 3 rings (SSSR count). The van der Waals surface area contributed by atoms with Crippen LogP contribution in [-0.4, -0.2) is 51.3 Å². The smallest absolute Gasteiger partial charge is 0.128 e. The Labute approximate surface area is 142 Å². The fourth-order valence-electron chi connectivity index (χ4n) is 3.42. The van der Waals surface area contributed by atoms with Crippen LogP contribution in [0.5, 0.6) is 5.75 Å². The zero-order valence-electron chi connectivity index (χ0n) is 14.4. The summed E-state index contributed by atoms with van der Waals surface area (Å²) in [7, 11) is 1.69. The van der Waals surface area contributed by atoms with Gasteiger partial charge in [-0.3, -0.25) is 19.9 Å². The number of aliphatic hydroxyl groups is 1. The van der Waals surface area contributed by atoms with Crippen molar-refractivity contribution in [2.75, 3.05) is 20.2 Å². The van der Waals surface area contributed by atoms with E-state index in [1.807, 2.05) is 20.0 Å². The first-order valence-electron chi connectivity index (χ1n) is 8.23. The Morgan fingerprint density at radius 2 is 2.04 bits per heavy atom. The molecule has 0 bridgehead atoms. The van der Waals surface area contributed by atoms with E-state index in [1.165, 1.54) is 0 Å². The van der Waals surface area contributed by atoms with E-state index >= 15 is 0 Å². The van der Waals surface area contributed by atoms with Crippen LogP contribution in [0, 0.1) is 19.8 Å². The molecule has 0 aromatic carbocycles. The van der Waals surface area contributed by atoms with Crippen LogP contribution in [0.15, 0.2) is 24.8 Å². The molecular weight excluding hydrogens is 304 g/mol. The number of ether oxygens (including phenoxy) is 1. The third kappa shape index (κ3) is 3.55. The molecule has 0 unspecified atom stereocenters. The van der Waals surface area contributed by atoms with Gasteiger partial charge < -0.3 is 9.84 Å². The van der Waals surface area contributed by atoms with Crippen LogP contribution in [0.4, 0.5) is 0 Å². The minimum absolute atomic E-state index is 0.175. The highest BCUT2D eigenvalue weighted by molar-refractivity contribution is 5.41. The molecule has 0 aliphatic carbocycles. The zero-order chi connectivity index (χ0) is 17.1. The third-order valence-corrected chi connectivity index (χ3v) is 4.69. The van der Waals surface area contributed by atoms with Gasteiger partial charge in [-0.15, -0.1) is 0 Å². The van der Waals surface area contributed by atoms with Gasteiger partial charge in [0.1, 0.15) is 5.75 Å². The molecule has 0 radical (unpaired) electrons. The fraction of sp³-hybridized carbons (Fsp3) is 0.500. The first-order chi connectivity index (χ1) is 11.6. The summed E-state index contributed by atoms with van der Waals surface area (Å²) in [4.78, 5) is 15.2. The summed E-state index contributed by atoms with van der Waals surface area (Å²) in [6.45, 7) is 6.24. The lowest BCUT2D eigenvalue weighted by Gasteiger charge is -2.18. The predicted octanol–water partition coefficient (Wildman–Crippen LogP) is 1.53. The molecule has 6 heteroatoms. The van der Waals surface area contributed by atoms with Crippen molar-refractivity contribution in [2.24, 2.45) is 5.92 Å². The summed E-state index contributed by atoms with van der Waals surface area (Å²) in [6, 6.07) is 0. The quantitative estimate of drug-likeness (QED) is 0.897. The summed E-state index contributed by atoms with van der Waals surface area (Å²) in [6.07, 6.45) is 7.38. The van der Waals surface area contributed by atoms with Gasteiger partial charge in [-0.25, -0.2) is 0 Å². The van der Waals surface area contributed by atoms with E-state index in [-0.39, 0.29) is 12.0 Å². The van der Waals surface area contributed by atoms with Crippen LogP contribution in [-0.2, 0) is 13.0 Å². The minimum atomic E-state index is -0.348. The number of methoxy groups -OCH3 is 1. The first-order valence-corrected chi connectivity index (χ1v) is 8.23. The molecule has 1 aliphatic heterocycles. The van der Waals surface area contributed by atoms with E-state index in [1.54, 1.807) is 25.7 Å². The van der Waals surface area contributed by atoms with Gasteiger partial charge in [0, 0.05) is 61.5 Å². The normalized spacial score (nSPS) is 21.2. The number of rotatable bonds is 5. The highest BCUT2D eigenvalue weighted by Crippen LogP contribution is 2.27. The lowest BCUT2D eigenvalue weighted by Crippen LogP contribution is -2.22. The summed E-state index contributed by atoms with van der Waals surface area (Å²) in [5.41, 5.74) is 4.05. The number of pyridine rings is 1. The van der Waals surface area contributed by atoms with Gasteiger partial charge >= 0.3 is 0 Å². The van der Waals surface area contributed by atoms with Crippen molar-refractivity contribution >= 4 is 0 Å². The van der Waals surface area contributed by atoms with Crippen molar-refractivity contribution in [3.63, 3.8) is 0 Å². The number of aliphatic hydroxyl groups excluding tert-OH is 1. The molecule has 2 aromatic heterocycles. The molecule has 1 aliphatic rings. The van der Waals surface area contributed by atoms with Crippen molar-refractivity contribution in [3.05, 3.63) is 47.3 Å². The largest absolute Gasteiger partial charge is 0.496 e. The molecule has 0 spiro atoms. The lowest BCUT2D eigenvalue weighted by molar-refractivity contribution is 0.140. The van der Waals surface area contributed by atoms with Crippen molar-refractivity contribution < 1.29 is 9.84 Å². The Hall–Kier alpha value is -2.05. The molecule has 1 saturated heterocycles. The van der Waals surface area contributed by atoms with Crippen LogP contribution in [0.1, 0.15) is 22.5 Å². The average molecular weight is 328 g/mol. The minimum Gasteiger partial charge on any atom is -0.496 e. The van der Waals surface area contributed by atoms with Crippen LogP contribution >= 0.6 is 0 Å². The van der Waals surface area contributed by atoms with Gasteiger partial charge in [-0.1, -0.05) is 0 Å². The van der Waals surface area contributed by atoms with Crippen molar-refractivity contribution in [1.29, 1.82) is 0 Å². The van der Waals surface area contributed by atoms with Gasteiger partial charge in [0.2, 0.25) is 0 Å². The van der Waals surface area contributed by atoms with Crippen LogP contribution in [0.3, 0.4) is 0 Å². The number of hydrogen-bond acceptors (Lipinski definition) is 6. The Bertz CT molecular complexity index is 693. The number of aryl methyl sites for hydroxylation is 1. The number of likely N-dealkylation sites (tertiary alicyclic amines) is 1. The summed E-state index contributed by atoms with van der Waals surface area (Å²) < 4.78 is 5.48. The second-order valence-electron chi connectivity index (χ2n) is 6.47. The fourth-order valence-corrected chi connectivity index (χ4v) is 3.42. The van der Waals surface area contributed by atoms with Crippen molar-refractivity contribution in [1.82, 2.24) is 19.9 Å². The molecule has 0 amide bonds. The van der Waals surface area contributed by atoms with Crippen molar-refractivity contribution in [3.8, 4) is 5.75 Å². The summed E-state index contributed by atoms with van der Waals surface area (Å²) in [5.74, 6) is 1.07. The van der Waals surface area contributed by atoms with E-state index in [9.17, 15) is 5.11 Å². The molecule has 3 heterocycles. The van der Waals surface area contributed by atoms with Crippen LogP contribution < -0.4 is 4.74 Å². The first kappa shape index (κ1) is 16.8. The molecule has 6 nitrogen and oxygen atoms in total. The van der Waals surface area contributed by atoms with Gasteiger partial charge in [-0.2, -0.15) is 0 Å². The molecular formula is C18H24N4O2. The lowest BCUT2D eigenvalue weighted by atomic mass is 10.0. The molecule has 0 saturated carbocycles. The Balaban J connectivity index is 1.67. The molecule has 24 heavy (non-hydrogen) atoms. The van der Waals surface area contributed by atoms with Crippen molar-refractivity contribution in [2.45, 2.75) is 32.9 Å². The molecule has 2 aromatic rings. The van der Waals surface area contributed by atoms with E-state index in [0.29, 0.717) is 6.54 Å². The highest BCUT2D eigenvalue weighted by atomic mass is 16.5. The zero-order valence-corrected chi connectivity index (χ0v) is 14.4. The SMILES string of the molecule is COc1c(C)cnc(CN2C[C@@H](Cc3cnccn3)[C@H](O)C2)c1C. The molecule has 128 valence electrons. The summed E-state index contributed by atoms with van der Waals surface area (Å²) in [5, 5.41) is 10.4. The average Bonchev–Trinajstić information content (AvgIpc) is 2.91. The van der Waals surface area contributed by atoms with E-state index in [2.05, 4.69) is 19.9 Å². The highest BCUT2D eigenvalue weighted by Gasteiger charge is 2.32. The molecule has 1 N–H and O–H groups in total. The Morgan fingerprint density at radius 3 is 2.75 bits per heavy atom. The standard InChI is InChI=1S/C18H24N4O2/c1-12-7-21-16(13(2)18(12)24-3)10-22-9-14(17(23)11-22)6-15-8-19-4-5-20-15/h4-5,7-8,14,17,23H,6,9-11H2,1-3H3/t14-,17-/m1/s1. The van der Waals surface area contributed by atoms with Crippen LogP contribution in [0.2, 0.25) is 0 Å². The number of nitrogens with zero attached hydrogens (tertiary/aromatic N) is 4. The molecule has 2 atom stereocenters. The maximum atomic E-state index is 10.4. The summed E-state index contributed by atoms with van der Waals surface area (Å²) >= 11 is 0. The van der Waals surface area contributed by atoms with Gasteiger partial charge in [0.05, 0.1) is 24.6 Å². The van der Waals surface area contributed by atoms with E-state index < -0.39 is 0 Å². The maximum Gasteiger partial charge on any atom is 0.128 e. The number of aromatic nitrogens is 3.